The first-order valence-corrected chi connectivity index (χ1v) is 5.09. The van der Waals surface area contributed by atoms with Crippen LogP contribution in [0.4, 0.5) is 8.78 Å². The number of halogens is 3. The first-order chi connectivity index (χ1) is 7.11. The molecule has 15 heavy (non-hydrogen) atoms. The van der Waals surface area contributed by atoms with Crippen molar-refractivity contribution in [1.29, 1.82) is 0 Å². The summed E-state index contributed by atoms with van der Waals surface area (Å²) in [6.45, 7) is 0.738. The molecule has 1 unspecified atom stereocenters. The van der Waals surface area contributed by atoms with Crippen LogP contribution >= 0.6 is 11.6 Å². The molecule has 82 valence electrons. The molecule has 5 heteroatoms. The topological polar surface area (TPSA) is 32.3 Å². The van der Waals surface area contributed by atoms with Gasteiger partial charge in [0.15, 0.2) is 5.82 Å². The van der Waals surface area contributed by atoms with Crippen LogP contribution in [0.5, 0.6) is 5.75 Å². The van der Waals surface area contributed by atoms with Gasteiger partial charge in [-0.15, -0.1) is 0 Å². The molecule has 0 amide bonds. The van der Waals surface area contributed by atoms with Crippen molar-refractivity contribution >= 4 is 11.6 Å². The molecular formula is C10H10ClF2NO. The Labute approximate surface area is 90.9 Å². The molecule has 1 aromatic carbocycles. The van der Waals surface area contributed by atoms with E-state index in [1.165, 1.54) is 0 Å². The van der Waals surface area contributed by atoms with Crippen molar-refractivity contribution < 1.29 is 13.9 Å². The van der Waals surface area contributed by atoms with Gasteiger partial charge < -0.3 is 10.4 Å². The maximum Gasteiger partial charge on any atom is 0.153 e. The summed E-state index contributed by atoms with van der Waals surface area (Å²) in [6, 6.07) is 0.504. The fraction of sp³-hybridized carbons (Fsp3) is 0.400. The van der Waals surface area contributed by atoms with Gasteiger partial charge in [-0.3, -0.25) is 0 Å². The lowest BCUT2D eigenvalue weighted by molar-refractivity contribution is 0.449. The number of hydrogen-bond donors (Lipinski definition) is 2. The standard InChI is InChI=1S/C10H10ClF2NO/c11-9-7(15)4-5(12)8(10(9)13)6-2-1-3-14-6/h4,6,14-15H,1-3H2. The predicted octanol–water partition coefficient (Wildman–Crippen LogP) is 2.75. The monoisotopic (exact) mass is 233 g/mol. The van der Waals surface area contributed by atoms with E-state index < -0.39 is 22.4 Å². The average molecular weight is 234 g/mol. The molecule has 0 spiro atoms. The van der Waals surface area contributed by atoms with Gasteiger partial charge in [0, 0.05) is 17.7 Å². The molecule has 2 N–H and O–H groups in total. The average Bonchev–Trinajstić information content (AvgIpc) is 2.68. The highest BCUT2D eigenvalue weighted by Crippen LogP contribution is 2.35. The highest BCUT2D eigenvalue weighted by Gasteiger charge is 2.26. The van der Waals surface area contributed by atoms with Gasteiger partial charge in [0.25, 0.3) is 0 Å². The molecule has 0 radical (unpaired) electrons. The Kier molecular flexibility index (Phi) is 2.80. The molecule has 1 atom stereocenters. The van der Waals surface area contributed by atoms with Gasteiger partial charge in [0.1, 0.15) is 16.6 Å². The van der Waals surface area contributed by atoms with Gasteiger partial charge in [-0.2, -0.15) is 0 Å². The van der Waals surface area contributed by atoms with Crippen LogP contribution < -0.4 is 5.32 Å². The van der Waals surface area contributed by atoms with E-state index in [1.807, 2.05) is 0 Å². The summed E-state index contributed by atoms with van der Waals surface area (Å²) >= 11 is 5.51. The SMILES string of the molecule is Oc1cc(F)c(C2CCCN2)c(F)c1Cl. The van der Waals surface area contributed by atoms with Crippen LogP contribution in [-0.2, 0) is 0 Å². The first kappa shape index (κ1) is 10.6. The fourth-order valence-corrected chi connectivity index (χ4v) is 2.00. The number of hydrogen-bond acceptors (Lipinski definition) is 2. The molecule has 1 aromatic rings. The third-order valence-electron chi connectivity index (χ3n) is 2.58. The summed E-state index contributed by atoms with van der Waals surface area (Å²) < 4.78 is 27.0. The van der Waals surface area contributed by atoms with Crippen molar-refractivity contribution in [2.45, 2.75) is 18.9 Å². The van der Waals surface area contributed by atoms with Gasteiger partial charge >= 0.3 is 0 Å². The number of aromatic hydroxyl groups is 1. The van der Waals surface area contributed by atoms with Gasteiger partial charge in [0.05, 0.1) is 0 Å². The quantitative estimate of drug-likeness (QED) is 0.731. The second kappa shape index (κ2) is 3.94. The van der Waals surface area contributed by atoms with Crippen molar-refractivity contribution in [3.05, 3.63) is 28.3 Å². The summed E-state index contributed by atoms with van der Waals surface area (Å²) in [7, 11) is 0. The summed E-state index contributed by atoms with van der Waals surface area (Å²) in [6.07, 6.45) is 1.55. The number of rotatable bonds is 1. The Balaban J connectivity index is 2.50. The van der Waals surface area contributed by atoms with E-state index >= 15 is 0 Å². The molecule has 1 aliphatic heterocycles. The molecule has 0 aromatic heterocycles. The Morgan fingerprint density at radius 2 is 2.20 bits per heavy atom. The lowest BCUT2D eigenvalue weighted by Crippen LogP contribution is -2.16. The minimum Gasteiger partial charge on any atom is -0.506 e. The third-order valence-corrected chi connectivity index (χ3v) is 2.94. The highest BCUT2D eigenvalue weighted by molar-refractivity contribution is 6.32. The second-order valence-corrected chi connectivity index (χ2v) is 3.95. The van der Waals surface area contributed by atoms with E-state index in [1.54, 1.807) is 0 Å². The van der Waals surface area contributed by atoms with Crippen molar-refractivity contribution in [2.75, 3.05) is 6.54 Å². The zero-order chi connectivity index (χ0) is 11.0. The normalized spacial score (nSPS) is 20.9. The Morgan fingerprint density at radius 1 is 1.47 bits per heavy atom. The van der Waals surface area contributed by atoms with E-state index in [0.717, 1.165) is 19.0 Å². The van der Waals surface area contributed by atoms with Gasteiger partial charge in [0.2, 0.25) is 0 Å². The number of benzene rings is 1. The molecule has 2 nitrogen and oxygen atoms in total. The van der Waals surface area contributed by atoms with Gasteiger partial charge in [-0.1, -0.05) is 11.6 Å². The first-order valence-electron chi connectivity index (χ1n) is 4.71. The Bertz CT molecular complexity index is 391. The number of nitrogens with one attached hydrogen (secondary N) is 1. The van der Waals surface area contributed by atoms with Crippen LogP contribution in [0.2, 0.25) is 5.02 Å². The molecule has 1 saturated heterocycles. The highest BCUT2D eigenvalue weighted by atomic mass is 35.5. The van der Waals surface area contributed by atoms with Crippen molar-refractivity contribution in [1.82, 2.24) is 5.32 Å². The van der Waals surface area contributed by atoms with Crippen LogP contribution in [0.25, 0.3) is 0 Å². The fourth-order valence-electron chi connectivity index (χ4n) is 1.85. The summed E-state index contributed by atoms with van der Waals surface area (Å²) in [5.41, 5.74) is -0.0738. The maximum absolute atomic E-state index is 13.6. The van der Waals surface area contributed by atoms with E-state index in [0.29, 0.717) is 6.42 Å². The zero-order valence-corrected chi connectivity index (χ0v) is 8.61. The Morgan fingerprint density at radius 3 is 2.80 bits per heavy atom. The molecular weight excluding hydrogens is 224 g/mol. The van der Waals surface area contributed by atoms with E-state index in [4.69, 9.17) is 16.7 Å². The van der Waals surface area contributed by atoms with Crippen molar-refractivity contribution in [3.8, 4) is 5.75 Å². The molecule has 1 heterocycles. The van der Waals surface area contributed by atoms with E-state index in [-0.39, 0.29) is 11.6 Å². The third kappa shape index (κ3) is 1.79. The van der Waals surface area contributed by atoms with Crippen molar-refractivity contribution in [2.24, 2.45) is 0 Å². The van der Waals surface area contributed by atoms with E-state index in [9.17, 15) is 8.78 Å². The van der Waals surface area contributed by atoms with Crippen molar-refractivity contribution in [3.63, 3.8) is 0 Å². The lowest BCUT2D eigenvalue weighted by Gasteiger charge is -2.14. The summed E-state index contributed by atoms with van der Waals surface area (Å²) in [5.74, 6) is -2.18. The molecule has 1 aliphatic rings. The van der Waals surface area contributed by atoms with Gasteiger partial charge in [-0.05, 0) is 19.4 Å². The number of phenolic OH excluding ortho intramolecular Hbond substituents is 1. The largest absolute Gasteiger partial charge is 0.506 e. The lowest BCUT2D eigenvalue weighted by atomic mass is 10.0. The molecule has 1 fully saturated rings. The molecule has 2 rings (SSSR count). The van der Waals surface area contributed by atoms with Crippen LogP contribution in [0.1, 0.15) is 24.4 Å². The maximum atomic E-state index is 13.6. The van der Waals surface area contributed by atoms with E-state index in [2.05, 4.69) is 5.32 Å². The smallest absolute Gasteiger partial charge is 0.153 e. The van der Waals surface area contributed by atoms with Crippen LogP contribution in [0.3, 0.4) is 0 Å². The van der Waals surface area contributed by atoms with Gasteiger partial charge in [-0.25, -0.2) is 8.78 Å². The molecule has 0 bridgehead atoms. The zero-order valence-electron chi connectivity index (χ0n) is 7.86. The van der Waals surface area contributed by atoms with Crippen LogP contribution in [-0.4, -0.2) is 11.7 Å². The van der Waals surface area contributed by atoms with Crippen LogP contribution in [0.15, 0.2) is 6.07 Å². The Hall–Kier alpha value is -0.870. The predicted molar refractivity (Wildman–Crippen MR) is 53.0 cm³/mol. The second-order valence-electron chi connectivity index (χ2n) is 3.57. The summed E-state index contributed by atoms with van der Waals surface area (Å²) in [4.78, 5) is 0. The summed E-state index contributed by atoms with van der Waals surface area (Å²) in [5, 5.41) is 11.7. The number of phenols is 1. The minimum absolute atomic E-state index is 0.0738. The van der Waals surface area contributed by atoms with Crippen LogP contribution in [0, 0.1) is 11.6 Å². The molecule has 0 aliphatic carbocycles. The molecule has 0 saturated carbocycles. The minimum atomic E-state index is -0.867.